The average Bonchev–Trinajstić information content (AvgIpc) is 2.86. The first kappa shape index (κ1) is 52.2. The highest BCUT2D eigenvalue weighted by Crippen LogP contribution is 2.35. The fourth-order valence-corrected chi connectivity index (χ4v) is 32.8. The monoisotopic (exact) mass is 810 g/mol. The standard InChI is InChI=1S/C14H32O3Si2.C13H28O3Si2.C10H26OSi2/c1-9-14(2,3)13(15)16-11-10-12-19(7,8)17-18(4,5)6;1-8-13(2,3)12(14)15-11-9-17(4,5)16-18(6,7)10-11;1-8-10(2)9-13(6,7)11-12(3,4)5/h9-12H2,1-8H3;11H,8-10H2,1-7H3;10H,8-9H2,1-7H3. The zero-order valence-electron chi connectivity index (χ0n) is 37.4. The van der Waals surface area contributed by atoms with E-state index in [9.17, 15) is 9.59 Å². The van der Waals surface area contributed by atoms with Gasteiger partial charge in [-0.1, -0.05) is 34.1 Å². The lowest BCUT2D eigenvalue weighted by Crippen LogP contribution is -2.54. The Morgan fingerprint density at radius 1 is 0.720 bits per heavy atom. The lowest BCUT2D eigenvalue weighted by atomic mass is 9.91. The summed E-state index contributed by atoms with van der Waals surface area (Å²) >= 11 is 0. The molecular weight excluding hydrogens is 725 g/mol. The molecule has 0 saturated carbocycles. The van der Waals surface area contributed by atoms with Crippen LogP contribution in [0.4, 0.5) is 0 Å². The van der Waals surface area contributed by atoms with E-state index >= 15 is 0 Å². The van der Waals surface area contributed by atoms with E-state index in [0.29, 0.717) is 6.61 Å². The summed E-state index contributed by atoms with van der Waals surface area (Å²) in [6, 6.07) is 4.24. The largest absolute Gasteiger partial charge is 0.465 e. The Labute approximate surface area is 318 Å². The SMILES string of the molecule is CCC(C)(C)C(=O)OC1C[Si](C)(C)O[Si](C)(C)C1.CCC(C)(C)C(=O)OCCC[Si](C)(C)O[Si](C)(C)C.CCC(C)C[Si](C)(C)O[Si](C)(C)C. The van der Waals surface area contributed by atoms with Crippen molar-refractivity contribution in [2.24, 2.45) is 16.7 Å². The van der Waals surface area contributed by atoms with Gasteiger partial charge in [0.25, 0.3) is 0 Å². The van der Waals surface area contributed by atoms with Crippen molar-refractivity contribution in [3.63, 3.8) is 0 Å². The lowest BCUT2D eigenvalue weighted by Gasteiger charge is -2.43. The van der Waals surface area contributed by atoms with E-state index in [1.807, 2.05) is 41.5 Å². The van der Waals surface area contributed by atoms with Crippen molar-refractivity contribution < 1.29 is 31.4 Å². The van der Waals surface area contributed by atoms with Crippen molar-refractivity contribution in [2.45, 2.75) is 203 Å². The number of hydrogen-bond acceptors (Lipinski definition) is 7. The average molecular weight is 812 g/mol. The molecule has 1 atom stereocenters. The summed E-state index contributed by atoms with van der Waals surface area (Å²) in [7, 11) is -9.00. The van der Waals surface area contributed by atoms with Gasteiger partial charge in [0, 0.05) is 12.1 Å². The maximum absolute atomic E-state index is 12.2. The minimum absolute atomic E-state index is 0.0495. The molecule has 0 amide bonds. The van der Waals surface area contributed by atoms with Crippen molar-refractivity contribution in [3.8, 4) is 0 Å². The molecule has 1 unspecified atom stereocenters. The Hall–Kier alpha value is 0.121. The molecule has 0 N–H and O–H groups in total. The molecule has 0 aliphatic carbocycles. The van der Waals surface area contributed by atoms with E-state index in [0.717, 1.165) is 43.3 Å². The molecular formula is C37H86O7Si6. The molecule has 300 valence electrons. The van der Waals surface area contributed by atoms with Gasteiger partial charge in [0.15, 0.2) is 49.9 Å². The minimum atomic E-state index is -1.64. The van der Waals surface area contributed by atoms with E-state index in [1.165, 1.54) is 12.5 Å². The Balaban J connectivity index is 0. The van der Waals surface area contributed by atoms with Crippen LogP contribution in [0.15, 0.2) is 0 Å². The van der Waals surface area contributed by atoms with E-state index in [-0.39, 0.29) is 28.9 Å². The first-order valence-corrected chi connectivity index (χ1v) is 38.8. The molecule has 0 radical (unpaired) electrons. The molecule has 7 nitrogen and oxygen atoms in total. The molecule has 0 aromatic rings. The second-order valence-corrected chi connectivity index (χ2v) is 47.1. The van der Waals surface area contributed by atoms with Crippen LogP contribution >= 0.6 is 0 Å². The van der Waals surface area contributed by atoms with Gasteiger partial charge < -0.3 is 21.8 Å². The number of rotatable bonds is 16. The zero-order valence-corrected chi connectivity index (χ0v) is 43.4. The second kappa shape index (κ2) is 20.7. The molecule has 1 rings (SSSR count). The number of hydrogen-bond donors (Lipinski definition) is 0. The maximum atomic E-state index is 12.2. The van der Waals surface area contributed by atoms with Crippen molar-refractivity contribution in [1.29, 1.82) is 0 Å². The summed E-state index contributed by atoms with van der Waals surface area (Å²) in [5.41, 5.74) is -0.725. The smallest absolute Gasteiger partial charge is 0.311 e. The van der Waals surface area contributed by atoms with Gasteiger partial charge in [0.1, 0.15) is 6.10 Å². The fourth-order valence-electron chi connectivity index (χ4n) is 6.28. The number of carbonyl (C=O) groups is 2. The Kier molecular flexibility index (Phi) is 21.6. The van der Waals surface area contributed by atoms with Gasteiger partial charge in [-0.05, 0) is 157 Å². The Bertz CT molecular complexity index is 999. The van der Waals surface area contributed by atoms with E-state index in [4.69, 9.17) is 21.8 Å². The highest BCUT2D eigenvalue weighted by molar-refractivity contribution is 6.86. The topological polar surface area (TPSA) is 80.3 Å². The van der Waals surface area contributed by atoms with Crippen LogP contribution in [0.25, 0.3) is 0 Å². The zero-order chi connectivity index (χ0) is 40.2. The molecule has 13 heteroatoms. The fraction of sp³-hybridized carbons (Fsp3) is 0.946. The summed E-state index contributed by atoms with van der Waals surface area (Å²) in [6.07, 6.45) is 3.91. The van der Waals surface area contributed by atoms with Gasteiger partial charge in [-0.2, -0.15) is 0 Å². The van der Waals surface area contributed by atoms with Crippen molar-refractivity contribution >= 4 is 61.8 Å². The molecule has 1 saturated heterocycles. The molecule has 0 aromatic carbocycles. The predicted molar refractivity (Wildman–Crippen MR) is 232 cm³/mol. The summed E-state index contributed by atoms with van der Waals surface area (Å²) in [4.78, 5) is 24.0. The predicted octanol–water partition coefficient (Wildman–Crippen LogP) is 12.3. The number of esters is 2. The third kappa shape index (κ3) is 25.2. The molecule has 0 spiro atoms. The van der Waals surface area contributed by atoms with Gasteiger partial charge in [-0.15, -0.1) is 0 Å². The van der Waals surface area contributed by atoms with Crippen LogP contribution in [0.3, 0.4) is 0 Å². The van der Waals surface area contributed by atoms with Crippen LogP contribution in [0.2, 0.25) is 116 Å². The van der Waals surface area contributed by atoms with E-state index in [1.54, 1.807) is 0 Å². The van der Waals surface area contributed by atoms with Crippen LogP contribution in [-0.4, -0.2) is 74.6 Å². The third-order valence-corrected chi connectivity index (χ3v) is 28.9. The molecule has 1 fully saturated rings. The normalized spacial score (nSPS) is 17.8. The molecule has 1 heterocycles. The minimum Gasteiger partial charge on any atom is -0.465 e. The quantitative estimate of drug-likeness (QED) is 0.0872. The van der Waals surface area contributed by atoms with Crippen LogP contribution in [-0.2, 0) is 31.4 Å². The molecule has 0 aromatic heterocycles. The van der Waals surface area contributed by atoms with Crippen molar-refractivity contribution in [2.75, 3.05) is 6.61 Å². The lowest BCUT2D eigenvalue weighted by molar-refractivity contribution is -0.158. The van der Waals surface area contributed by atoms with Crippen molar-refractivity contribution in [1.82, 2.24) is 0 Å². The summed E-state index contributed by atoms with van der Waals surface area (Å²) < 4.78 is 29.9. The third-order valence-electron chi connectivity index (χ3n) is 9.00. The van der Waals surface area contributed by atoms with Gasteiger partial charge in [0.2, 0.25) is 0 Å². The maximum Gasteiger partial charge on any atom is 0.311 e. The van der Waals surface area contributed by atoms with Gasteiger partial charge in [-0.25, -0.2) is 0 Å². The Morgan fingerprint density at radius 2 is 1.12 bits per heavy atom. The highest BCUT2D eigenvalue weighted by atomic mass is 28.4. The van der Waals surface area contributed by atoms with E-state index in [2.05, 4.69) is 106 Å². The molecule has 50 heavy (non-hydrogen) atoms. The first-order chi connectivity index (χ1) is 22.0. The number of ether oxygens (including phenoxy) is 2. The van der Waals surface area contributed by atoms with Crippen LogP contribution < -0.4 is 0 Å². The van der Waals surface area contributed by atoms with E-state index < -0.39 is 49.9 Å². The van der Waals surface area contributed by atoms with Crippen LogP contribution in [0.5, 0.6) is 0 Å². The first-order valence-electron chi connectivity index (χ1n) is 19.5. The van der Waals surface area contributed by atoms with Crippen LogP contribution in [0.1, 0.15) is 81.1 Å². The molecule has 1 aliphatic heterocycles. The summed E-state index contributed by atoms with van der Waals surface area (Å²) in [6.45, 7) is 48.6. The number of carbonyl (C=O) groups excluding carboxylic acids is 2. The molecule has 0 bridgehead atoms. The molecule has 1 aliphatic rings. The van der Waals surface area contributed by atoms with Crippen LogP contribution in [0, 0.1) is 16.7 Å². The van der Waals surface area contributed by atoms with Gasteiger partial charge in [-0.3, -0.25) is 9.59 Å². The summed E-state index contributed by atoms with van der Waals surface area (Å²) in [5, 5.41) is 0. The van der Waals surface area contributed by atoms with Gasteiger partial charge in [0.05, 0.1) is 17.4 Å². The Morgan fingerprint density at radius 3 is 1.50 bits per heavy atom. The van der Waals surface area contributed by atoms with Gasteiger partial charge >= 0.3 is 11.9 Å². The summed E-state index contributed by atoms with van der Waals surface area (Å²) in [5.74, 6) is 0.699. The van der Waals surface area contributed by atoms with Crippen molar-refractivity contribution in [3.05, 3.63) is 0 Å². The second-order valence-electron chi connectivity index (χ2n) is 20.4. The highest BCUT2D eigenvalue weighted by Gasteiger charge is 2.44.